The van der Waals surface area contributed by atoms with Crippen LogP contribution in [0.2, 0.25) is 0 Å². The molecule has 0 saturated carbocycles. The third-order valence-electron chi connectivity index (χ3n) is 7.41. The van der Waals surface area contributed by atoms with E-state index >= 15 is 0 Å². The topological polar surface area (TPSA) is 90.9 Å². The standard InChI is InChI=1S/C34H22F3N2O3P/c1-42-32(41)28-29(23-17-19-24(20-18-23)34(35,36)37)33(21-38,22-39)31(40)30(28)43(25-11-5-2-6-12-25,26-13-7-3-8-14-26)27-15-9-4-10-16-27/h2-20H,1H3. The number of ketones is 1. The number of alkyl halides is 3. The maximum absolute atomic E-state index is 14.8. The van der Waals surface area contributed by atoms with Crippen molar-refractivity contribution >= 4 is 45.4 Å². The molecule has 212 valence electrons. The molecule has 4 aromatic rings. The summed E-state index contributed by atoms with van der Waals surface area (Å²) in [5, 5.41) is 22.9. The number of benzene rings is 4. The minimum Gasteiger partial charge on any atom is -0.465 e. The predicted octanol–water partition coefficient (Wildman–Crippen LogP) is 5.41. The minimum atomic E-state index is -4.66. The second kappa shape index (κ2) is 11.2. The van der Waals surface area contributed by atoms with Crippen molar-refractivity contribution in [2.75, 3.05) is 7.11 Å². The van der Waals surface area contributed by atoms with E-state index in [1.807, 2.05) is 48.5 Å². The van der Waals surface area contributed by atoms with Crippen LogP contribution in [-0.2, 0) is 20.5 Å². The number of nitriles is 2. The number of nitrogens with zero attached hydrogens (tertiary/aromatic N) is 2. The van der Waals surface area contributed by atoms with Gasteiger partial charge in [0.2, 0.25) is 11.2 Å². The highest BCUT2D eigenvalue weighted by Gasteiger charge is 2.58. The van der Waals surface area contributed by atoms with Crippen molar-refractivity contribution in [3.8, 4) is 12.1 Å². The van der Waals surface area contributed by atoms with E-state index in [0.717, 1.165) is 31.4 Å². The van der Waals surface area contributed by atoms with Crippen LogP contribution < -0.4 is 15.9 Å². The Balaban J connectivity index is 2.10. The Morgan fingerprint density at radius 2 is 1.16 bits per heavy atom. The molecule has 9 heteroatoms. The number of methoxy groups -OCH3 is 1. The lowest BCUT2D eigenvalue weighted by molar-refractivity contribution is -0.137. The Bertz CT molecular complexity index is 1770. The zero-order chi connectivity index (χ0) is 30.8. The van der Waals surface area contributed by atoms with E-state index in [-0.39, 0.29) is 22.0 Å². The van der Waals surface area contributed by atoms with Gasteiger partial charge < -0.3 is 4.74 Å². The van der Waals surface area contributed by atoms with Gasteiger partial charge in [0.15, 0.2) is 0 Å². The summed E-state index contributed by atoms with van der Waals surface area (Å²) in [6.07, 6.45) is -4.66. The molecule has 1 aliphatic rings. The van der Waals surface area contributed by atoms with Crippen LogP contribution in [0, 0.1) is 28.1 Å². The Kier molecular flexibility index (Phi) is 7.67. The molecular formula is C34H22F3N2O3P. The SMILES string of the molecule is COC(=O)C1=C(c2ccc(C(F)(F)F)cc2)C(C#N)(C#N)C(=O)C1=P(c1ccccc1)(c1ccccc1)c1ccccc1. The number of ether oxygens (including phenoxy) is 1. The number of hydrogen-bond acceptors (Lipinski definition) is 5. The van der Waals surface area contributed by atoms with Crippen LogP contribution in [0.4, 0.5) is 13.2 Å². The van der Waals surface area contributed by atoms with Gasteiger partial charge in [-0.3, -0.25) is 4.79 Å². The molecule has 0 saturated heterocycles. The van der Waals surface area contributed by atoms with Gasteiger partial charge in [-0.15, -0.1) is 0 Å². The quantitative estimate of drug-likeness (QED) is 0.228. The number of carbonyl (C=O) groups is 2. The van der Waals surface area contributed by atoms with Gasteiger partial charge in [0.05, 0.1) is 30.4 Å². The van der Waals surface area contributed by atoms with Crippen molar-refractivity contribution in [2.45, 2.75) is 6.18 Å². The summed E-state index contributed by atoms with van der Waals surface area (Å²) in [6.45, 7) is -3.35. The fourth-order valence-corrected chi connectivity index (χ4v) is 10.1. The number of halogens is 3. The number of hydrogen-bond donors (Lipinski definition) is 0. The lowest BCUT2D eigenvalue weighted by Gasteiger charge is -2.32. The highest BCUT2D eigenvalue weighted by Crippen LogP contribution is 2.55. The molecule has 0 bridgehead atoms. The summed E-state index contributed by atoms with van der Waals surface area (Å²) >= 11 is 0. The summed E-state index contributed by atoms with van der Waals surface area (Å²) in [5.74, 6) is -1.91. The minimum absolute atomic E-state index is 0.0489. The predicted molar refractivity (Wildman–Crippen MR) is 159 cm³/mol. The fraction of sp³-hybridized carbons (Fsp3) is 0.0882. The molecule has 4 aromatic carbocycles. The number of rotatable bonds is 5. The van der Waals surface area contributed by atoms with Gasteiger partial charge >= 0.3 is 12.1 Å². The first-order valence-electron chi connectivity index (χ1n) is 13.0. The number of esters is 1. The van der Waals surface area contributed by atoms with Crippen molar-refractivity contribution in [3.05, 3.63) is 132 Å². The van der Waals surface area contributed by atoms with E-state index in [1.54, 1.807) is 54.6 Å². The zero-order valence-corrected chi connectivity index (χ0v) is 23.6. The molecule has 0 spiro atoms. The third kappa shape index (κ3) is 4.57. The Hall–Kier alpha value is -5.17. The first-order valence-corrected chi connectivity index (χ1v) is 14.8. The van der Waals surface area contributed by atoms with Crippen LogP contribution in [0.1, 0.15) is 11.1 Å². The molecule has 0 aromatic heterocycles. The van der Waals surface area contributed by atoms with Gasteiger partial charge in [0, 0.05) is 10.9 Å². The molecule has 0 heterocycles. The first kappa shape index (κ1) is 29.3. The zero-order valence-electron chi connectivity index (χ0n) is 22.7. The second-order valence-electron chi connectivity index (χ2n) is 9.65. The van der Waals surface area contributed by atoms with Crippen molar-refractivity contribution in [3.63, 3.8) is 0 Å². The van der Waals surface area contributed by atoms with Crippen LogP contribution in [0.3, 0.4) is 0 Å². The fourth-order valence-electron chi connectivity index (χ4n) is 5.55. The highest BCUT2D eigenvalue weighted by molar-refractivity contribution is 7.97. The van der Waals surface area contributed by atoms with Gasteiger partial charge in [0.25, 0.3) is 0 Å². The van der Waals surface area contributed by atoms with Gasteiger partial charge in [-0.1, -0.05) is 103 Å². The van der Waals surface area contributed by atoms with E-state index in [1.165, 1.54) is 0 Å². The molecule has 0 amide bonds. The summed E-state index contributed by atoms with van der Waals surface area (Å²) < 4.78 is 45.5. The second-order valence-corrected chi connectivity index (χ2v) is 13.0. The van der Waals surface area contributed by atoms with Crippen LogP contribution in [0.15, 0.2) is 121 Å². The number of Topliss-reactive ketones (excluding diaryl/α,β-unsaturated/α-hetero) is 1. The Morgan fingerprint density at radius 1 is 0.744 bits per heavy atom. The first-order chi connectivity index (χ1) is 20.7. The number of allylic oxidation sites excluding steroid dienone is 1. The van der Waals surface area contributed by atoms with Crippen molar-refractivity contribution < 1.29 is 27.5 Å². The Labute approximate surface area is 246 Å². The smallest absolute Gasteiger partial charge is 0.416 e. The average Bonchev–Trinajstić information content (AvgIpc) is 3.31. The normalized spacial score (nSPS) is 14.7. The summed E-state index contributed by atoms with van der Waals surface area (Å²) in [5.41, 5.74) is -4.16. The molecule has 5 rings (SSSR count). The summed E-state index contributed by atoms with van der Waals surface area (Å²) in [7, 11) is 1.11. The highest BCUT2D eigenvalue weighted by atomic mass is 31.2. The van der Waals surface area contributed by atoms with Crippen LogP contribution in [0.5, 0.6) is 0 Å². The van der Waals surface area contributed by atoms with Crippen LogP contribution in [-0.4, -0.2) is 24.2 Å². The maximum Gasteiger partial charge on any atom is 0.416 e. The van der Waals surface area contributed by atoms with Crippen molar-refractivity contribution in [1.29, 1.82) is 10.5 Å². The molecule has 0 radical (unpaired) electrons. The Morgan fingerprint density at radius 3 is 1.51 bits per heavy atom. The molecule has 0 aliphatic heterocycles. The molecule has 5 nitrogen and oxygen atoms in total. The van der Waals surface area contributed by atoms with Crippen molar-refractivity contribution in [2.24, 2.45) is 5.41 Å². The third-order valence-corrected chi connectivity index (χ3v) is 11.7. The van der Waals surface area contributed by atoms with E-state index < -0.39 is 35.8 Å². The molecule has 0 N–H and O–H groups in total. The number of carbonyl (C=O) groups excluding carboxylic acids is 2. The van der Waals surface area contributed by atoms with E-state index in [9.17, 15) is 33.3 Å². The molecular weight excluding hydrogens is 572 g/mol. The monoisotopic (exact) mass is 594 g/mol. The van der Waals surface area contributed by atoms with Gasteiger partial charge in [-0.2, -0.15) is 23.7 Å². The maximum atomic E-state index is 14.8. The van der Waals surface area contributed by atoms with Crippen LogP contribution >= 0.6 is 6.89 Å². The lowest BCUT2D eigenvalue weighted by atomic mass is 9.79. The molecule has 0 unspecified atom stereocenters. The molecule has 43 heavy (non-hydrogen) atoms. The molecule has 0 atom stereocenters. The molecule has 0 fully saturated rings. The van der Waals surface area contributed by atoms with Gasteiger partial charge in [0.1, 0.15) is 0 Å². The van der Waals surface area contributed by atoms with Gasteiger partial charge in [-0.05, 0) is 40.5 Å². The van der Waals surface area contributed by atoms with E-state index in [4.69, 9.17) is 4.74 Å². The molecule has 1 aliphatic carbocycles. The lowest BCUT2D eigenvalue weighted by Crippen LogP contribution is -2.37. The summed E-state index contributed by atoms with van der Waals surface area (Å²) in [4.78, 5) is 28.6. The van der Waals surface area contributed by atoms with E-state index in [2.05, 4.69) is 0 Å². The summed E-state index contributed by atoms with van der Waals surface area (Å²) in [6, 6.07) is 34.4. The average molecular weight is 595 g/mol. The van der Waals surface area contributed by atoms with E-state index in [0.29, 0.717) is 15.9 Å². The van der Waals surface area contributed by atoms with Gasteiger partial charge in [-0.25, -0.2) is 4.79 Å². The largest absolute Gasteiger partial charge is 0.465 e. The van der Waals surface area contributed by atoms with Crippen molar-refractivity contribution in [1.82, 2.24) is 0 Å². The van der Waals surface area contributed by atoms with Crippen LogP contribution in [0.25, 0.3) is 5.57 Å².